The van der Waals surface area contributed by atoms with Crippen LogP contribution in [0.2, 0.25) is 0 Å². The van der Waals surface area contributed by atoms with Gasteiger partial charge in [0.1, 0.15) is 17.9 Å². The van der Waals surface area contributed by atoms with E-state index in [0.717, 1.165) is 5.75 Å². The summed E-state index contributed by atoms with van der Waals surface area (Å²) in [5.74, 6) is -0.0255. The zero-order valence-electron chi connectivity index (χ0n) is 11.4. The van der Waals surface area contributed by atoms with Crippen molar-refractivity contribution in [2.75, 3.05) is 20.2 Å². The van der Waals surface area contributed by atoms with Crippen LogP contribution in [0, 0.1) is 6.92 Å². The maximum atomic E-state index is 11.1. The maximum absolute atomic E-state index is 11.1. The van der Waals surface area contributed by atoms with E-state index in [1.54, 1.807) is 25.8 Å². The molecule has 1 aromatic carbocycles. The lowest BCUT2D eigenvalue weighted by molar-refractivity contribution is -0.148. The van der Waals surface area contributed by atoms with E-state index in [-0.39, 0.29) is 0 Å². The molecule has 0 saturated carbocycles. The molecule has 100 valence electrons. The molecule has 0 aromatic heterocycles. The van der Waals surface area contributed by atoms with Gasteiger partial charge in [-0.1, -0.05) is 17.7 Å². The summed E-state index contributed by atoms with van der Waals surface area (Å²) in [5, 5.41) is 9.08. The molecule has 0 amide bonds. The Morgan fingerprint density at radius 2 is 1.89 bits per heavy atom. The molecule has 0 spiro atoms. The van der Waals surface area contributed by atoms with E-state index >= 15 is 0 Å². The van der Waals surface area contributed by atoms with Crippen LogP contribution in [0.1, 0.15) is 19.4 Å². The summed E-state index contributed by atoms with van der Waals surface area (Å²) in [6.45, 7) is 6.42. The number of ether oxygens (including phenoxy) is 1. The molecule has 0 heterocycles. The summed E-state index contributed by atoms with van der Waals surface area (Å²) < 4.78 is 5.57. The number of benzene rings is 1. The van der Waals surface area contributed by atoms with E-state index in [1.165, 1.54) is 5.56 Å². The molecule has 18 heavy (non-hydrogen) atoms. The Morgan fingerprint density at radius 3 is 2.39 bits per heavy atom. The molecule has 0 radical (unpaired) electrons. The average molecular weight is 251 g/mol. The van der Waals surface area contributed by atoms with Gasteiger partial charge < -0.3 is 9.84 Å². The van der Waals surface area contributed by atoms with E-state index < -0.39 is 11.5 Å². The standard InChI is InChI=1S/C14H21NO3/c1-11-5-7-12(8-6-11)18-10-9-15(4)14(2,3)13(16)17/h5-8H,9-10H2,1-4H3,(H,16,17). The number of carboxylic acid groups (broad SMARTS) is 1. The second-order valence-electron chi connectivity index (χ2n) is 4.95. The van der Waals surface area contributed by atoms with Crippen LogP contribution < -0.4 is 4.74 Å². The van der Waals surface area contributed by atoms with Crippen molar-refractivity contribution in [3.05, 3.63) is 29.8 Å². The molecule has 0 aliphatic rings. The first kappa shape index (κ1) is 14.5. The number of carbonyl (C=O) groups is 1. The third-order valence-corrected chi connectivity index (χ3v) is 3.19. The highest BCUT2D eigenvalue weighted by atomic mass is 16.5. The minimum atomic E-state index is -0.878. The van der Waals surface area contributed by atoms with Crippen LogP contribution in [0.5, 0.6) is 5.75 Å². The smallest absolute Gasteiger partial charge is 0.323 e. The fraction of sp³-hybridized carbons (Fsp3) is 0.500. The number of nitrogens with zero attached hydrogens (tertiary/aromatic N) is 1. The van der Waals surface area contributed by atoms with Crippen molar-refractivity contribution < 1.29 is 14.6 Å². The summed E-state index contributed by atoms with van der Waals surface area (Å²) in [5.41, 5.74) is 0.308. The molecule has 0 aliphatic heterocycles. The monoisotopic (exact) mass is 251 g/mol. The van der Waals surface area contributed by atoms with E-state index in [4.69, 9.17) is 9.84 Å². The van der Waals surface area contributed by atoms with Gasteiger partial charge in [-0.2, -0.15) is 0 Å². The van der Waals surface area contributed by atoms with E-state index in [9.17, 15) is 4.79 Å². The van der Waals surface area contributed by atoms with Crippen LogP contribution in [-0.2, 0) is 4.79 Å². The van der Waals surface area contributed by atoms with Crippen molar-refractivity contribution in [2.24, 2.45) is 0 Å². The van der Waals surface area contributed by atoms with E-state index in [2.05, 4.69) is 0 Å². The molecule has 0 unspecified atom stereocenters. The summed E-state index contributed by atoms with van der Waals surface area (Å²) in [6.07, 6.45) is 0. The molecule has 0 atom stereocenters. The fourth-order valence-electron chi connectivity index (χ4n) is 1.38. The van der Waals surface area contributed by atoms with E-state index in [1.807, 2.05) is 31.2 Å². The summed E-state index contributed by atoms with van der Waals surface area (Å²) in [6, 6.07) is 7.80. The van der Waals surface area contributed by atoms with Gasteiger partial charge in [0.15, 0.2) is 0 Å². The molecule has 0 aliphatic carbocycles. The van der Waals surface area contributed by atoms with Crippen LogP contribution >= 0.6 is 0 Å². The minimum absolute atomic E-state index is 0.469. The van der Waals surface area contributed by atoms with Gasteiger partial charge in [-0.05, 0) is 40.0 Å². The van der Waals surface area contributed by atoms with Crippen LogP contribution in [-0.4, -0.2) is 41.7 Å². The quantitative estimate of drug-likeness (QED) is 0.841. The number of likely N-dealkylation sites (N-methyl/N-ethyl adjacent to an activating group) is 1. The topological polar surface area (TPSA) is 49.8 Å². The van der Waals surface area contributed by atoms with Gasteiger partial charge >= 0.3 is 5.97 Å². The Balaban J connectivity index is 2.42. The van der Waals surface area contributed by atoms with Crippen LogP contribution in [0.3, 0.4) is 0 Å². The van der Waals surface area contributed by atoms with Crippen LogP contribution in [0.15, 0.2) is 24.3 Å². The lowest BCUT2D eigenvalue weighted by Gasteiger charge is -2.31. The second-order valence-corrected chi connectivity index (χ2v) is 4.95. The number of rotatable bonds is 6. The highest BCUT2D eigenvalue weighted by Crippen LogP contribution is 2.14. The summed E-state index contributed by atoms with van der Waals surface area (Å²) >= 11 is 0. The zero-order valence-corrected chi connectivity index (χ0v) is 11.4. The van der Waals surface area contributed by atoms with Gasteiger partial charge in [0.25, 0.3) is 0 Å². The van der Waals surface area contributed by atoms with Gasteiger partial charge in [-0.25, -0.2) is 0 Å². The van der Waals surface area contributed by atoms with Crippen molar-refractivity contribution in [3.63, 3.8) is 0 Å². The second kappa shape index (κ2) is 5.87. The van der Waals surface area contributed by atoms with Gasteiger partial charge in [-0.3, -0.25) is 9.69 Å². The van der Waals surface area contributed by atoms with E-state index in [0.29, 0.717) is 13.2 Å². The van der Waals surface area contributed by atoms with Gasteiger partial charge in [0.05, 0.1) is 0 Å². The highest BCUT2D eigenvalue weighted by molar-refractivity contribution is 5.77. The summed E-state index contributed by atoms with van der Waals surface area (Å²) in [7, 11) is 1.78. The van der Waals surface area contributed by atoms with Crippen LogP contribution in [0.25, 0.3) is 0 Å². The minimum Gasteiger partial charge on any atom is -0.492 e. The third kappa shape index (κ3) is 3.74. The van der Waals surface area contributed by atoms with Gasteiger partial charge in [0, 0.05) is 6.54 Å². The molecular weight excluding hydrogens is 230 g/mol. The lowest BCUT2D eigenvalue weighted by atomic mass is 10.0. The van der Waals surface area contributed by atoms with Gasteiger partial charge in [0.2, 0.25) is 0 Å². The molecule has 0 saturated heterocycles. The third-order valence-electron chi connectivity index (χ3n) is 3.19. The SMILES string of the molecule is Cc1ccc(OCCN(C)C(C)(C)C(=O)O)cc1. The Hall–Kier alpha value is -1.55. The molecule has 0 bridgehead atoms. The fourth-order valence-corrected chi connectivity index (χ4v) is 1.38. The number of carboxylic acids is 1. The molecule has 0 fully saturated rings. The first-order valence-corrected chi connectivity index (χ1v) is 5.98. The first-order valence-electron chi connectivity index (χ1n) is 5.98. The Kier molecular flexibility index (Phi) is 4.73. The molecule has 1 N–H and O–H groups in total. The van der Waals surface area contributed by atoms with Crippen molar-refractivity contribution in [2.45, 2.75) is 26.3 Å². The number of aryl methyl sites for hydroxylation is 1. The van der Waals surface area contributed by atoms with Crippen molar-refractivity contribution in [1.29, 1.82) is 0 Å². The van der Waals surface area contributed by atoms with Crippen molar-refractivity contribution in [1.82, 2.24) is 4.90 Å². The summed E-state index contributed by atoms with van der Waals surface area (Å²) in [4.78, 5) is 12.8. The van der Waals surface area contributed by atoms with Crippen LogP contribution in [0.4, 0.5) is 0 Å². The van der Waals surface area contributed by atoms with Crippen molar-refractivity contribution in [3.8, 4) is 5.75 Å². The largest absolute Gasteiger partial charge is 0.492 e. The maximum Gasteiger partial charge on any atom is 0.323 e. The predicted octanol–water partition coefficient (Wildman–Crippen LogP) is 2.17. The molecule has 1 rings (SSSR count). The Labute approximate surface area is 108 Å². The average Bonchev–Trinajstić information content (AvgIpc) is 2.31. The first-order chi connectivity index (χ1) is 8.34. The molecule has 4 heteroatoms. The Bertz CT molecular complexity index is 398. The molecular formula is C14H21NO3. The predicted molar refractivity (Wildman–Crippen MR) is 71.0 cm³/mol. The number of hydrogen-bond acceptors (Lipinski definition) is 3. The normalized spacial score (nSPS) is 11.6. The molecule has 1 aromatic rings. The zero-order chi connectivity index (χ0) is 13.8. The number of hydrogen-bond donors (Lipinski definition) is 1. The lowest BCUT2D eigenvalue weighted by Crippen LogP contribution is -2.49. The number of aliphatic carboxylic acids is 1. The van der Waals surface area contributed by atoms with Gasteiger partial charge in [-0.15, -0.1) is 0 Å². The Morgan fingerprint density at radius 1 is 1.33 bits per heavy atom. The highest BCUT2D eigenvalue weighted by Gasteiger charge is 2.31. The van der Waals surface area contributed by atoms with Crippen molar-refractivity contribution >= 4 is 5.97 Å². The molecule has 4 nitrogen and oxygen atoms in total.